The molecule has 6 heteroatoms. The fourth-order valence-corrected chi connectivity index (χ4v) is 5.87. The number of piperidine rings is 1. The van der Waals surface area contributed by atoms with Crippen LogP contribution < -0.4 is 0 Å². The van der Waals surface area contributed by atoms with Gasteiger partial charge in [0.2, 0.25) is 0 Å². The number of aryl methyl sites for hydroxylation is 1. The van der Waals surface area contributed by atoms with Gasteiger partial charge in [0, 0.05) is 58.0 Å². The summed E-state index contributed by atoms with van der Waals surface area (Å²) in [6.07, 6.45) is 7.19. The zero-order chi connectivity index (χ0) is 19.6. The topological polar surface area (TPSA) is 53.7 Å². The molecule has 4 rings (SSSR count). The van der Waals surface area contributed by atoms with Crippen LogP contribution in [0.1, 0.15) is 36.9 Å². The standard InChI is InChI=1S/C22H34N4O2/c1-24-14-18(11-21(24)13-23)15-25-6-4-19-12-20(26-7-9-28-10-8-26)3-5-22(19,16-25)17-27-2/h11,14,19-20H,3-10,12,15-17H2,1-2H3/t19-,20-,22+/m0/s1. The first-order chi connectivity index (χ1) is 13.6. The summed E-state index contributed by atoms with van der Waals surface area (Å²) in [5, 5.41) is 9.22. The van der Waals surface area contributed by atoms with Crippen LogP contribution in [0.25, 0.3) is 0 Å². The Labute approximate surface area is 169 Å². The molecule has 3 atom stereocenters. The first-order valence-corrected chi connectivity index (χ1v) is 10.7. The van der Waals surface area contributed by atoms with Gasteiger partial charge in [-0.25, -0.2) is 0 Å². The van der Waals surface area contributed by atoms with Gasteiger partial charge in [-0.15, -0.1) is 0 Å². The average Bonchev–Trinajstić information content (AvgIpc) is 3.07. The molecule has 3 aliphatic rings. The van der Waals surface area contributed by atoms with Gasteiger partial charge in [-0.3, -0.25) is 9.80 Å². The molecule has 0 spiro atoms. The summed E-state index contributed by atoms with van der Waals surface area (Å²) in [5.41, 5.74) is 2.26. The first-order valence-electron chi connectivity index (χ1n) is 10.7. The third kappa shape index (κ3) is 3.99. The number of hydrogen-bond acceptors (Lipinski definition) is 5. The van der Waals surface area contributed by atoms with Crippen LogP contribution in [0, 0.1) is 22.7 Å². The van der Waals surface area contributed by atoms with Crippen molar-refractivity contribution in [2.75, 3.05) is 53.1 Å². The molecule has 1 aromatic rings. The molecule has 154 valence electrons. The van der Waals surface area contributed by atoms with Gasteiger partial charge < -0.3 is 14.0 Å². The Morgan fingerprint density at radius 2 is 2.11 bits per heavy atom. The molecule has 1 saturated carbocycles. The van der Waals surface area contributed by atoms with Gasteiger partial charge in [-0.2, -0.15) is 5.26 Å². The molecule has 2 saturated heterocycles. The Kier molecular flexibility index (Phi) is 6.07. The molecule has 0 amide bonds. The smallest absolute Gasteiger partial charge is 0.120 e. The van der Waals surface area contributed by atoms with Crippen LogP contribution in [-0.4, -0.2) is 73.5 Å². The average molecular weight is 387 g/mol. The van der Waals surface area contributed by atoms with E-state index in [4.69, 9.17) is 9.47 Å². The third-order valence-electron chi connectivity index (χ3n) is 7.31. The minimum Gasteiger partial charge on any atom is -0.384 e. The van der Waals surface area contributed by atoms with Crippen LogP contribution in [0.15, 0.2) is 12.3 Å². The minimum absolute atomic E-state index is 0.280. The number of nitriles is 1. The first kappa shape index (κ1) is 19.9. The lowest BCUT2D eigenvalue weighted by molar-refractivity contribution is -0.0870. The van der Waals surface area contributed by atoms with Crippen molar-refractivity contribution in [1.29, 1.82) is 5.26 Å². The molecular formula is C22H34N4O2. The molecule has 6 nitrogen and oxygen atoms in total. The Bertz CT molecular complexity index is 706. The SMILES string of the molecule is COC[C@]12CC[C@H](N3CCOCC3)C[C@@H]1CCN(Cc1cc(C#N)n(C)c1)C2. The predicted molar refractivity (Wildman–Crippen MR) is 108 cm³/mol. The van der Waals surface area contributed by atoms with Gasteiger partial charge in [0.1, 0.15) is 11.8 Å². The normalized spacial score (nSPS) is 32.0. The lowest BCUT2D eigenvalue weighted by atomic mass is 9.62. The number of nitrogens with zero attached hydrogens (tertiary/aromatic N) is 4. The predicted octanol–water partition coefficient (Wildman–Crippen LogP) is 2.24. The molecule has 0 unspecified atom stereocenters. The van der Waals surface area contributed by atoms with E-state index in [2.05, 4.69) is 22.1 Å². The Balaban J connectivity index is 1.43. The van der Waals surface area contributed by atoms with E-state index in [1.54, 1.807) is 0 Å². The Morgan fingerprint density at radius 3 is 2.82 bits per heavy atom. The quantitative estimate of drug-likeness (QED) is 0.777. The number of likely N-dealkylation sites (tertiary alicyclic amines) is 1. The zero-order valence-electron chi connectivity index (χ0n) is 17.4. The zero-order valence-corrected chi connectivity index (χ0v) is 17.4. The van der Waals surface area contributed by atoms with Crippen LogP contribution in [-0.2, 0) is 23.1 Å². The van der Waals surface area contributed by atoms with E-state index in [9.17, 15) is 5.26 Å². The van der Waals surface area contributed by atoms with Crippen molar-refractivity contribution in [2.24, 2.45) is 18.4 Å². The van der Waals surface area contributed by atoms with E-state index >= 15 is 0 Å². The molecule has 1 aliphatic carbocycles. The van der Waals surface area contributed by atoms with Crippen molar-refractivity contribution in [3.05, 3.63) is 23.5 Å². The van der Waals surface area contributed by atoms with E-state index in [1.165, 1.54) is 31.2 Å². The van der Waals surface area contributed by atoms with Crippen molar-refractivity contribution >= 4 is 0 Å². The number of ether oxygens (including phenoxy) is 2. The molecule has 3 heterocycles. The van der Waals surface area contributed by atoms with Crippen LogP contribution in [0.2, 0.25) is 0 Å². The van der Waals surface area contributed by atoms with Gasteiger partial charge in [0.15, 0.2) is 0 Å². The number of aromatic nitrogens is 1. The largest absolute Gasteiger partial charge is 0.384 e. The maximum Gasteiger partial charge on any atom is 0.120 e. The summed E-state index contributed by atoms with van der Waals surface area (Å²) < 4.78 is 13.2. The van der Waals surface area contributed by atoms with E-state index in [0.717, 1.165) is 70.2 Å². The number of morpholine rings is 1. The number of hydrogen-bond donors (Lipinski definition) is 0. The maximum atomic E-state index is 9.22. The second-order valence-corrected chi connectivity index (χ2v) is 9.02. The summed E-state index contributed by atoms with van der Waals surface area (Å²) in [6.45, 7) is 8.01. The fourth-order valence-electron chi connectivity index (χ4n) is 5.87. The molecular weight excluding hydrogens is 352 g/mol. The maximum absolute atomic E-state index is 9.22. The highest BCUT2D eigenvalue weighted by molar-refractivity contribution is 5.28. The summed E-state index contributed by atoms with van der Waals surface area (Å²) in [5.74, 6) is 0.746. The van der Waals surface area contributed by atoms with Crippen LogP contribution in [0.3, 0.4) is 0 Å². The molecule has 0 aromatic carbocycles. The number of rotatable bonds is 5. The van der Waals surface area contributed by atoms with E-state index in [1.807, 2.05) is 24.8 Å². The molecule has 0 radical (unpaired) electrons. The Hall–Kier alpha value is -1.39. The molecule has 0 bridgehead atoms. The van der Waals surface area contributed by atoms with Crippen molar-refractivity contribution in [3.8, 4) is 6.07 Å². The Morgan fingerprint density at radius 1 is 1.29 bits per heavy atom. The highest BCUT2D eigenvalue weighted by Gasteiger charge is 2.47. The van der Waals surface area contributed by atoms with Crippen molar-refractivity contribution in [3.63, 3.8) is 0 Å². The van der Waals surface area contributed by atoms with Crippen LogP contribution in [0.5, 0.6) is 0 Å². The van der Waals surface area contributed by atoms with Gasteiger partial charge >= 0.3 is 0 Å². The van der Waals surface area contributed by atoms with E-state index in [-0.39, 0.29) is 5.41 Å². The third-order valence-corrected chi connectivity index (χ3v) is 7.31. The van der Waals surface area contributed by atoms with Crippen LogP contribution in [0.4, 0.5) is 0 Å². The molecule has 28 heavy (non-hydrogen) atoms. The summed E-state index contributed by atoms with van der Waals surface area (Å²) in [7, 11) is 3.81. The molecule has 1 aromatic heterocycles. The van der Waals surface area contributed by atoms with Crippen molar-refractivity contribution in [1.82, 2.24) is 14.4 Å². The van der Waals surface area contributed by atoms with Crippen LogP contribution >= 0.6 is 0 Å². The number of fused-ring (bicyclic) bond motifs is 1. The second-order valence-electron chi connectivity index (χ2n) is 9.02. The van der Waals surface area contributed by atoms with Gasteiger partial charge in [0.05, 0.1) is 19.8 Å². The van der Waals surface area contributed by atoms with E-state index in [0.29, 0.717) is 0 Å². The van der Waals surface area contributed by atoms with E-state index < -0.39 is 0 Å². The van der Waals surface area contributed by atoms with Gasteiger partial charge in [-0.1, -0.05) is 0 Å². The molecule has 0 N–H and O–H groups in total. The highest BCUT2D eigenvalue weighted by Crippen LogP contribution is 2.48. The van der Waals surface area contributed by atoms with Gasteiger partial charge in [-0.05, 0) is 49.8 Å². The number of methoxy groups -OCH3 is 1. The molecule has 2 aliphatic heterocycles. The highest BCUT2D eigenvalue weighted by atomic mass is 16.5. The minimum atomic E-state index is 0.280. The monoisotopic (exact) mass is 386 g/mol. The summed E-state index contributed by atoms with van der Waals surface area (Å²) >= 11 is 0. The summed E-state index contributed by atoms with van der Waals surface area (Å²) in [4.78, 5) is 5.25. The fraction of sp³-hybridized carbons (Fsp3) is 0.773. The lowest BCUT2D eigenvalue weighted by Crippen LogP contribution is -2.56. The molecule has 3 fully saturated rings. The second kappa shape index (κ2) is 8.54. The van der Waals surface area contributed by atoms with Crippen molar-refractivity contribution in [2.45, 2.75) is 38.3 Å². The van der Waals surface area contributed by atoms with Gasteiger partial charge in [0.25, 0.3) is 0 Å². The lowest BCUT2D eigenvalue weighted by Gasteiger charge is -2.54. The van der Waals surface area contributed by atoms with Crippen molar-refractivity contribution < 1.29 is 9.47 Å². The summed E-state index contributed by atoms with van der Waals surface area (Å²) in [6, 6.07) is 5.03.